The minimum absolute atomic E-state index is 0.138. The largest absolute Gasteiger partial charge is 0.351 e. The van der Waals surface area contributed by atoms with Gasteiger partial charge in [-0.3, -0.25) is 4.79 Å². The maximum absolute atomic E-state index is 12.1. The SMILES string of the molecule is CC1(CNC(=O)c2ccc(Cl)cc2Cl)CCNCC1. The van der Waals surface area contributed by atoms with Crippen LogP contribution in [-0.2, 0) is 0 Å². The number of rotatable bonds is 3. The summed E-state index contributed by atoms with van der Waals surface area (Å²) < 4.78 is 0. The fourth-order valence-corrected chi connectivity index (χ4v) is 2.76. The number of carbonyl (C=O) groups is 1. The maximum Gasteiger partial charge on any atom is 0.252 e. The van der Waals surface area contributed by atoms with Crippen molar-refractivity contribution >= 4 is 29.1 Å². The van der Waals surface area contributed by atoms with Crippen LogP contribution < -0.4 is 10.6 Å². The van der Waals surface area contributed by atoms with E-state index in [-0.39, 0.29) is 11.3 Å². The second-order valence-corrected chi connectivity index (χ2v) is 6.21. The predicted octanol–water partition coefficient (Wildman–Crippen LogP) is 3.11. The molecule has 19 heavy (non-hydrogen) atoms. The zero-order chi connectivity index (χ0) is 13.9. The van der Waals surface area contributed by atoms with Crippen molar-refractivity contribution in [3.63, 3.8) is 0 Å². The molecule has 1 aromatic carbocycles. The molecule has 1 saturated heterocycles. The summed E-state index contributed by atoms with van der Waals surface area (Å²) in [5.74, 6) is -0.138. The summed E-state index contributed by atoms with van der Waals surface area (Å²) in [6, 6.07) is 4.92. The van der Waals surface area contributed by atoms with Gasteiger partial charge in [-0.15, -0.1) is 0 Å². The molecule has 1 aliphatic rings. The van der Waals surface area contributed by atoms with Gasteiger partial charge in [0.2, 0.25) is 0 Å². The van der Waals surface area contributed by atoms with Crippen molar-refractivity contribution in [2.75, 3.05) is 19.6 Å². The van der Waals surface area contributed by atoms with Crippen LogP contribution in [0, 0.1) is 5.41 Å². The highest BCUT2D eigenvalue weighted by atomic mass is 35.5. The Kier molecular flexibility index (Phi) is 4.71. The van der Waals surface area contributed by atoms with E-state index in [1.165, 1.54) is 0 Å². The van der Waals surface area contributed by atoms with E-state index >= 15 is 0 Å². The van der Waals surface area contributed by atoms with Crippen molar-refractivity contribution in [3.05, 3.63) is 33.8 Å². The molecule has 0 bridgehead atoms. The molecule has 1 aliphatic heterocycles. The number of amides is 1. The summed E-state index contributed by atoms with van der Waals surface area (Å²) in [7, 11) is 0. The summed E-state index contributed by atoms with van der Waals surface area (Å²) in [4.78, 5) is 12.1. The smallest absolute Gasteiger partial charge is 0.252 e. The van der Waals surface area contributed by atoms with Crippen LogP contribution in [0.2, 0.25) is 10.0 Å². The first-order chi connectivity index (χ1) is 9.00. The molecule has 0 radical (unpaired) electrons. The van der Waals surface area contributed by atoms with Gasteiger partial charge in [0, 0.05) is 11.6 Å². The lowest BCUT2D eigenvalue weighted by molar-refractivity contribution is 0.0922. The van der Waals surface area contributed by atoms with Crippen LogP contribution in [0.1, 0.15) is 30.1 Å². The maximum atomic E-state index is 12.1. The van der Waals surface area contributed by atoms with Gasteiger partial charge in [-0.1, -0.05) is 30.1 Å². The van der Waals surface area contributed by atoms with Crippen LogP contribution in [0.5, 0.6) is 0 Å². The van der Waals surface area contributed by atoms with Crippen molar-refractivity contribution < 1.29 is 4.79 Å². The van der Waals surface area contributed by atoms with Gasteiger partial charge in [0.15, 0.2) is 0 Å². The van der Waals surface area contributed by atoms with Gasteiger partial charge in [0.25, 0.3) is 5.91 Å². The zero-order valence-corrected chi connectivity index (χ0v) is 12.4. The third kappa shape index (κ3) is 3.85. The summed E-state index contributed by atoms with van der Waals surface area (Å²) in [6.07, 6.45) is 2.14. The normalized spacial score (nSPS) is 18.1. The summed E-state index contributed by atoms with van der Waals surface area (Å²) in [6.45, 7) is 4.90. The quantitative estimate of drug-likeness (QED) is 0.900. The lowest BCUT2D eigenvalue weighted by atomic mass is 9.81. The molecule has 3 nitrogen and oxygen atoms in total. The molecule has 0 unspecified atom stereocenters. The Morgan fingerprint density at radius 3 is 2.68 bits per heavy atom. The highest BCUT2D eigenvalue weighted by Gasteiger charge is 2.27. The summed E-state index contributed by atoms with van der Waals surface area (Å²) >= 11 is 11.8. The van der Waals surface area contributed by atoms with Crippen LogP contribution in [0.3, 0.4) is 0 Å². The minimum Gasteiger partial charge on any atom is -0.351 e. The Balaban J connectivity index is 1.97. The van der Waals surface area contributed by atoms with Gasteiger partial charge in [0.1, 0.15) is 0 Å². The monoisotopic (exact) mass is 300 g/mol. The molecular weight excluding hydrogens is 283 g/mol. The van der Waals surface area contributed by atoms with E-state index in [2.05, 4.69) is 17.6 Å². The van der Waals surface area contributed by atoms with E-state index in [9.17, 15) is 4.79 Å². The summed E-state index contributed by atoms with van der Waals surface area (Å²) in [5, 5.41) is 7.22. The standard InChI is InChI=1S/C14H18Cl2N2O/c1-14(4-6-17-7-5-14)9-18-13(19)11-3-2-10(15)8-12(11)16/h2-3,8,17H,4-7,9H2,1H3,(H,18,19). The molecule has 2 rings (SSSR count). The van der Waals surface area contributed by atoms with Crippen LogP contribution in [0.15, 0.2) is 18.2 Å². The number of nitrogens with one attached hydrogen (secondary N) is 2. The predicted molar refractivity (Wildman–Crippen MR) is 79.0 cm³/mol. The first-order valence-electron chi connectivity index (χ1n) is 6.44. The third-order valence-corrected chi connectivity index (χ3v) is 4.21. The van der Waals surface area contributed by atoms with Crippen LogP contribution in [0.4, 0.5) is 0 Å². The van der Waals surface area contributed by atoms with Crippen molar-refractivity contribution in [1.29, 1.82) is 0 Å². The van der Waals surface area contributed by atoms with E-state index in [0.29, 0.717) is 22.2 Å². The Morgan fingerprint density at radius 1 is 1.37 bits per heavy atom. The number of hydrogen-bond donors (Lipinski definition) is 2. The molecule has 0 spiro atoms. The lowest BCUT2D eigenvalue weighted by Crippen LogP contribution is -2.42. The number of benzene rings is 1. The molecule has 1 fully saturated rings. The fourth-order valence-electron chi connectivity index (χ4n) is 2.27. The lowest BCUT2D eigenvalue weighted by Gasteiger charge is -2.34. The van der Waals surface area contributed by atoms with Crippen molar-refractivity contribution in [2.45, 2.75) is 19.8 Å². The van der Waals surface area contributed by atoms with Gasteiger partial charge in [0.05, 0.1) is 10.6 Å². The second-order valence-electron chi connectivity index (χ2n) is 5.37. The van der Waals surface area contributed by atoms with Gasteiger partial charge < -0.3 is 10.6 Å². The number of halogens is 2. The van der Waals surface area contributed by atoms with Gasteiger partial charge >= 0.3 is 0 Å². The van der Waals surface area contributed by atoms with Crippen LogP contribution >= 0.6 is 23.2 Å². The minimum atomic E-state index is -0.138. The van der Waals surface area contributed by atoms with Crippen LogP contribution in [-0.4, -0.2) is 25.5 Å². The molecule has 104 valence electrons. The number of hydrogen-bond acceptors (Lipinski definition) is 2. The Hall–Kier alpha value is -0.770. The first kappa shape index (κ1) is 14.6. The fraction of sp³-hybridized carbons (Fsp3) is 0.500. The molecule has 1 aromatic rings. The molecule has 0 aromatic heterocycles. The molecule has 2 N–H and O–H groups in total. The van der Waals surface area contributed by atoms with E-state index in [1.807, 2.05) is 0 Å². The second kappa shape index (κ2) is 6.12. The number of piperidine rings is 1. The molecule has 0 aliphatic carbocycles. The van der Waals surface area contributed by atoms with Gasteiger partial charge in [-0.2, -0.15) is 0 Å². The Bertz CT molecular complexity index is 471. The highest BCUT2D eigenvalue weighted by Crippen LogP contribution is 2.27. The Morgan fingerprint density at radius 2 is 2.05 bits per heavy atom. The average molecular weight is 301 g/mol. The molecular formula is C14H18Cl2N2O. The van der Waals surface area contributed by atoms with E-state index in [1.54, 1.807) is 18.2 Å². The number of carbonyl (C=O) groups excluding carboxylic acids is 1. The molecule has 5 heteroatoms. The van der Waals surface area contributed by atoms with Crippen molar-refractivity contribution in [2.24, 2.45) is 5.41 Å². The van der Waals surface area contributed by atoms with E-state index < -0.39 is 0 Å². The van der Waals surface area contributed by atoms with Crippen molar-refractivity contribution in [3.8, 4) is 0 Å². The van der Waals surface area contributed by atoms with Crippen molar-refractivity contribution in [1.82, 2.24) is 10.6 Å². The van der Waals surface area contributed by atoms with E-state index in [4.69, 9.17) is 23.2 Å². The Labute approximate surface area is 123 Å². The topological polar surface area (TPSA) is 41.1 Å². The highest BCUT2D eigenvalue weighted by molar-refractivity contribution is 6.36. The molecule has 1 amide bonds. The van der Waals surface area contributed by atoms with Gasteiger partial charge in [-0.25, -0.2) is 0 Å². The first-order valence-corrected chi connectivity index (χ1v) is 7.20. The van der Waals surface area contributed by atoms with E-state index in [0.717, 1.165) is 25.9 Å². The molecule has 0 atom stereocenters. The third-order valence-electron chi connectivity index (χ3n) is 3.66. The van der Waals surface area contributed by atoms with Crippen LogP contribution in [0.25, 0.3) is 0 Å². The zero-order valence-electron chi connectivity index (χ0n) is 10.9. The summed E-state index contributed by atoms with van der Waals surface area (Å²) in [5.41, 5.74) is 0.642. The average Bonchev–Trinajstić information content (AvgIpc) is 2.37. The molecule has 1 heterocycles. The molecule has 0 saturated carbocycles. The van der Waals surface area contributed by atoms with Gasteiger partial charge in [-0.05, 0) is 49.5 Å².